The Morgan fingerprint density at radius 3 is 2.58 bits per heavy atom. The lowest BCUT2D eigenvalue weighted by Crippen LogP contribution is -1.80. The minimum atomic E-state index is 0.186. The molecule has 0 aliphatic rings. The van der Waals surface area contributed by atoms with Crippen molar-refractivity contribution in [2.24, 2.45) is 0 Å². The Morgan fingerprint density at radius 1 is 1.11 bits per heavy atom. The summed E-state index contributed by atoms with van der Waals surface area (Å²) in [6.45, 7) is 0. The number of nitrogens with zero attached hydrogens (tertiary/aromatic N) is 1. The molecule has 0 saturated carbocycles. The molecule has 0 aliphatic heterocycles. The third-order valence-corrected chi connectivity index (χ3v) is 4.10. The molecular formula is C13H7BrCl2N2O. The summed E-state index contributed by atoms with van der Waals surface area (Å²) in [6.07, 6.45) is 0. The van der Waals surface area contributed by atoms with Crippen LogP contribution in [0, 0.1) is 0 Å². The number of aromatic nitrogens is 2. The lowest BCUT2D eigenvalue weighted by atomic mass is 10.2. The number of H-pyrrole nitrogens is 1. The van der Waals surface area contributed by atoms with Crippen LogP contribution in [0.1, 0.15) is 0 Å². The van der Waals surface area contributed by atoms with Crippen LogP contribution in [0.5, 0.6) is 5.75 Å². The number of benzene rings is 2. The number of halogens is 3. The summed E-state index contributed by atoms with van der Waals surface area (Å²) in [7, 11) is 0. The summed E-state index contributed by atoms with van der Waals surface area (Å²) < 4.78 is 0.613. The second kappa shape index (κ2) is 4.71. The van der Waals surface area contributed by atoms with Gasteiger partial charge in [0.1, 0.15) is 11.6 Å². The molecule has 6 heteroatoms. The van der Waals surface area contributed by atoms with Crippen molar-refractivity contribution in [2.45, 2.75) is 0 Å². The van der Waals surface area contributed by atoms with Crippen molar-refractivity contribution < 1.29 is 5.11 Å². The number of nitrogens with one attached hydrogen (secondary N) is 1. The number of phenols is 1. The topological polar surface area (TPSA) is 48.9 Å². The van der Waals surface area contributed by atoms with Gasteiger partial charge in [0.05, 0.1) is 25.6 Å². The first-order valence-electron chi connectivity index (χ1n) is 5.38. The molecule has 19 heavy (non-hydrogen) atoms. The molecule has 1 heterocycles. The average Bonchev–Trinajstić information content (AvgIpc) is 2.76. The van der Waals surface area contributed by atoms with E-state index in [4.69, 9.17) is 23.2 Å². The van der Waals surface area contributed by atoms with Crippen LogP contribution in [0.2, 0.25) is 10.0 Å². The summed E-state index contributed by atoms with van der Waals surface area (Å²) in [5.74, 6) is 0.875. The fraction of sp³-hybridized carbons (Fsp3) is 0. The Hall–Kier alpha value is -1.23. The van der Waals surface area contributed by atoms with E-state index >= 15 is 0 Å². The van der Waals surface area contributed by atoms with Gasteiger partial charge < -0.3 is 10.1 Å². The van der Waals surface area contributed by atoms with Gasteiger partial charge in [-0.05, 0) is 46.3 Å². The fourth-order valence-corrected chi connectivity index (χ4v) is 2.50. The zero-order valence-electron chi connectivity index (χ0n) is 9.42. The van der Waals surface area contributed by atoms with Crippen molar-refractivity contribution in [3.8, 4) is 17.1 Å². The van der Waals surface area contributed by atoms with Crippen molar-refractivity contribution in [1.82, 2.24) is 9.97 Å². The molecule has 0 aliphatic carbocycles. The Balaban J connectivity index is 2.17. The van der Waals surface area contributed by atoms with Gasteiger partial charge in [-0.1, -0.05) is 23.2 Å². The van der Waals surface area contributed by atoms with E-state index in [1.807, 2.05) is 0 Å². The van der Waals surface area contributed by atoms with Gasteiger partial charge in [-0.15, -0.1) is 0 Å². The first-order chi connectivity index (χ1) is 9.04. The van der Waals surface area contributed by atoms with Gasteiger partial charge >= 0.3 is 0 Å². The van der Waals surface area contributed by atoms with E-state index in [1.165, 1.54) is 0 Å². The number of hydrogen-bond donors (Lipinski definition) is 2. The number of fused-ring (bicyclic) bond motifs is 1. The predicted octanol–water partition coefficient (Wildman–Crippen LogP) is 5.00. The number of rotatable bonds is 1. The highest BCUT2D eigenvalue weighted by Crippen LogP contribution is 2.31. The van der Waals surface area contributed by atoms with Crippen LogP contribution in [0.3, 0.4) is 0 Å². The summed E-state index contributed by atoms with van der Waals surface area (Å²) in [5.41, 5.74) is 2.41. The van der Waals surface area contributed by atoms with Gasteiger partial charge in [0, 0.05) is 5.56 Å². The highest BCUT2D eigenvalue weighted by molar-refractivity contribution is 9.10. The van der Waals surface area contributed by atoms with Crippen LogP contribution in [-0.4, -0.2) is 15.1 Å². The summed E-state index contributed by atoms with van der Waals surface area (Å²) in [4.78, 5) is 7.62. The zero-order chi connectivity index (χ0) is 13.6. The third-order valence-electron chi connectivity index (χ3n) is 2.75. The molecular weight excluding hydrogens is 351 g/mol. The number of imidazole rings is 1. The Kier molecular flexibility index (Phi) is 3.17. The molecule has 2 aromatic carbocycles. The largest absolute Gasteiger partial charge is 0.507 e. The molecule has 3 aromatic rings. The first kappa shape index (κ1) is 12.8. The number of phenolic OH excluding ortho intramolecular Hbond substituents is 1. The van der Waals surface area contributed by atoms with E-state index in [0.717, 1.165) is 16.6 Å². The van der Waals surface area contributed by atoms with E-state index in [-0.39, 0.29) is 5.75 Å². The van der Waals surface area contributed by atoms with Crippen LogP contribution in [0.15, 0.2) is 34.8 Å². The molecule has 0 unspecified atom stereocenters. The normalized spacial score (nSPS) is 11.1. The molecule has 1 aromatic heterocycles. The van der Waals surface area contributed by atoms with E-state index in [1.54, 1.807) is 30.3 Å². The number of aromatic amines is 1. The molecule has 0 spiro atoms. The molecule has 0 atom stereocenters. The molecule has 3 rings (SSSR count). The molecule has 0 fully saturated rings. The van der Waals surface area contributed by atoms with Gasteiger partial charge in [-0.3, -0.25) is 0 Å². The number of hydrogen-bond acceptors (Lipinski definition) is 2. The molecule has 3 nitrogen and oxygen atoms in total. The van der Waals surface area contributed by atoms with E-state index in [2.05, 4.69) is 25.9 Å². The lowest BCUT2D eigenvalue weighted by Gasteiger charge is -1.99. The van der Waals surface area contributed by atoms with Crippen molar-refractivity contribution in [3.63, 3.8) is 0 Å². The second-order valence-corrected chi connectivity index (χ2v) is 5.70. The van der Waals surface area contributed by atoms with Gasteiger partial charge in [0.25, 0.3) is 0 Å². The minimum absolute atomic E-state index is 0.186. The van der Waals surface area contributed by atoms with Gasteiger partial charge in [-0.25, -0.2) is 4.98 Å². The predicted molar refractivity (Wildman–Crippen MR) is 80.9 cm³/mol. The Labute approximate surface area is 127 Å². The minimum Gasteiger partial charge on any atom is -0.507 e. The molecule has 0 bridgehead atoms. The maximum atomic E-state index is 9.49. The highest BCUT2D eigenvalue weighted by Gasteiger charge is 2.09. The van der Waals surface area contributed by atoms with Crippen molar-refractivity contribution in [1.29, 1.82) is 0 Å². The Bertz CT molecular complexity index is 747. The quantitative estimate of drug-likeness (QED) is 0.643. The van der Waals surface area contributed by atoms with Crippen molar-refractivity contribution in [2.75, 3.05) is 0 Å². The van der Waals surface area contributed by atoms with E-state index < -0.39 is 0 Å². The lowest BCUT2D eigenvalue weighted by molar-refractivity contribution is 0.472. The zero-order valence-corrected chi connectivity index (χ0v) is 12.5. The molecule has 2 N–H and O–H groups in total. The highest BCUT2D eigenvalue weighted by atomic mass is 79.9. The Morgan fingerprint density at radius 2 is 1.84 bits per heavy atom. The van der Waals surface area contributed by atoms with Crippen molar-refractivity contribution >= 4 is 50.2 Å². The van der Waals surface area contributed by atoms with Crippen LogP contribution in [0.25, 0.3) is 22.4 Å². The third kappa shape index (κ3) is 2.31. The molecule has 0 amide bonds. The van der Waals surface area contributed by atoms with E-state index in [9.17, 15) is 5.11 Å². The summed E-state index contributed by atoms with van der Waals surface area (Å²) in [6, 6.07) is 8.63. The van der Waals surface area contributed by atoms with E-state index in [0.29, 0.717) is 20.3 Å². The van der Waals surface area contributed by atoms with Crippen LogP contribution >= 0.6 is 39.1 Å². The average molecular weight is 358 g/mol. The fourth-order valence-electron chi connectivity index (χ4n) is 1.80. The maximum Gasteiger partial charge on any atom is 0.138 e. The van der Waals surface area contributed by atoms with Gasteiger partial charge in [-0.2, -0.15) is 0 Å². The SMILES string of the molecule is Oc1ccc(-c2nc3cc(Cl)c(Cl)cc3[nH]2)cc1Br. The second-order valence-electron chi connectivity index (χ2n) is 4.04. The van der Waals surface area contributed by atoms with Gasteiger partial charge in [0.2, 0.25) is 0 Å². The van der Waals surface area contributed by atoms with Crippen LogP contribution in [0.4, 0.5) is 0 Å². The smallest absolute Gasteiger partial charge is 0.138 e. The molecule has 0 saturated heterocycles. The standard InChI is InChI=1S/C13H7BrCl2N2O/c14-7-3-6(1-2-12(7)19)13-17-10-4-8(15)9(16)5-11(10)18-13/h1-5,19H,(H,17,18). The van der Waals surface area contributed by atoms with Gasteiger partial charge in [0.15, 0.2) is 0 Å². The monoisotopic (exact) mass is 356 g/mol. The van der Waals surface area contributed by atoms with Crippen molar-refractivity contribution in [3.05, 3.63) is 44.8 Å². The number of aromatic hydroxyl groups is 1. The maximum absolute atomic E-state index is 9.49. The molecule has 0 radical (unpaired) electrons. The molecule has 96 valence electrons. The van der Waals surface area contributed by atoms with Crippen LogP contribution in [-0.2, 0) is 0 Å². The summed E-state index contributed by atoms with van der Waals surface area (Å²) >= 11 is 15.2. The summed E-state index contributed by atoms with van der Waals surface area (Å²) in [5, 5.41) is 10.4. The first-order valence-corrected chi connectivity index (χ1v) is 6.93. The van der Waals surface area contributed by atoms with Crippen LogP contribution < -0.4 is 0 Å².